The lowest BCUT2D eigenvalue weighted by molar-refractivity contribution is -0.115. The van der Waals surface area contributed by atoms with Crippen LogP contribution in [0.15, 0.2) is 29.3 Å². The summed E-state index contributed by atoms with van der Waals surface area (Å²) >= 11 is 0. The summed E-state index contributed by atoms with van der Waals surface area (Å²) in [6.07, 6.45) is 0. The number of halogens is 2. The molecule has 0 saturated heterocycles. The van der Waals surface area contributed by atoms with Gasteiger partial charge >= 0.3 is 0 Å². The summed E-state index contributed by atoms with van der Waals surface area (Å²) in [5.41, 5.74) is 5.87. The number of hydrogen-bond donors (Lipinski definition) is 3. The van der Waals surface area contributed by atoms with Crippen molar-refractivity contribution in [1.82, 2.24) is 5.32 Å². The number of nitrogens with one attached hydrogen (secondary N) is 2. The lowest BCUT2D eigenvalue weighted by atomic mass is 10.3. The fourth-order valence-corrected chi connectivity index (χ4v) is 0.988. The van der Waals surface area contributed by atoms with Crippen LogP contribution in [0.25, 0.3) is 0 Å². The van der Waals surface area contributed by atoms with Crippen molar-refractivity contribution in [3.8, 4) is 0 Å². The van der Waals surface area contributed by atoms with Gasteiger partial charge in [0, 0.05) is 12.7 Å². The van der Waals surface area contributed by atoms with Gasteiger partial charge in [-0.3, -0.25) is 9.79 Å². The maximum Gasteiger partial charge on any atom is 0.243 e. The van der Waals surface area contributed by atoms with Crippen molar-refractivity contribution in [3.63, 3.8) is 0 Å². The van der Waals surface area contributed by atoms with Crippen molar-refractivity contribution in [3.05, 3.63) is 30.1 Å². The van der Waals surface area contributed by atoms with Gasteiger partial charge in [-0.25, -0.2) is 4.39 Å². The first-order valence-electron chi connectivity index (χ1n) is 4.63. The van der Waals surface area contributed by atoms with Gasteiger partial charge in [0.15, 0.2) is 5.96 Å². The van der Waals surface area contributed by atoms with E-state index in [1.807, 2.05) is 0 Å². The summed E-state index contributed by atoms with van der Waals surface area (Å²) in [6, 6.07) is 5.49. The first-order chi connectivity index (χ1) is 7.61. The van der Waals surface area contributed by atoms with Crippen LogP contribution >= 0.6 is 24.0 Å². The van der Waals surface area contributed by atoms with Crippen molar-refractivity contribution in [1.29, 1.82) is 0 Å². The predicted octanol–water partition coefficient (Wildman–Crippen LogP) is 0.916. The highest BCUT2D eigenvalue weighted by atomic mass is 127. The lowest BCUT2D eigenvalue weighted by Crippen LogP contribution is -2.37. The van der Waals surface area contributed by atoms with Crippen molar-refractivity contribution < 1.29 is 9.18 Å². The molecule has 0 atom stereocenters. The number of benzene rings is 1. The first kappa shape index (κ1) is 15.6. The number of aliphatic imine (C=N–C) groups is 1. The second-order valence-corrected chi connectivity index (χ2v) is 3.02. The van der Waals surface area contributed by atoms with Crippen LogP contribution in [-0.2, 0) is 4.79 Å². The average Bonchev–Trinajstić information content (AvgIpc) is 2.29. The second kappa shape index (κ2) is 7.82. The van der Waals surface area contributed by atoms with Crippen LogP contribution in [0.2, 0.25) is 0 Å². The Labute approximate surface area is 116 Å². The van der Waals surface area contributed by atoms with Gasteiger partial charge < -0.3 is 16.4 Å². The quantitative estimate of drug-likeness (QED) is 0.430. The summed E-state index contributed by atoms with van der Waals surface area (Å²) in [7, 11) is 1.51. The summed E-state index contributed by atoms with van der Waals surface area (Å²) in [4.78, 5) is 15.0. The van der Waals surface area contributed by atoms with Gasteiger partial charge in [-0.1, -0.05) is 0 Å². The van der Waals surface area contributed by atoms with Crippen molar-refractivity contribution in [2.75, 3.05) is 18.9 Å². The molecular formula is C10H14FIN4O. The lowest BCUT2D eigenvalue weighted by Gasteiger charge is -2.06. The maximum absolute atomic E-state index is 12.6. The number of anilines is 1. The molecule has 0 bridgehead atoms. The van der Waals surface area contributed by atoms with Gasteiger partial charge in [-0.2, -0.15) is 0 Å². The molecule has 0 radical (unpaired) electrons. The first-order valence-corrected chi connectivity index (χ1v) is 4.63. The Morgan fingerprint density at radius 3 is 2.53 bits per heavy atom. The largest absolute Gasteiger partial charge is 0.370 e. The zero-order valence-electron chi connectivity index (χ0n) is 9.24. The number of carbonyl (C=O) groups is 1. The summed E-state index contributed by atoms with van der Waals surface area (Å²) in [5, 5.41) is 5.18. The highest BCUT2D eigenvalue weighted by Crippen LogP contribution is 2.07. The van der Waals surface area contributed by atoms with E-state index >= 15 is 0 Å². The standard InChI is InChI=1S/C10H13FN4O.HI/c1-13-10(12)14-6-9(16)15-8-4-2-7(11)3-5-8;/h2-5H,6H2,1H3,(H,15,16)(H3,12,13,14);1H. The zero-order valence-corrected chi connectivity index (χ0v) is 11.6. The summed E-state index contributed by atoms with van der Waals surface area (Å²) in [6.45, 7) is 0.0144. The highest BCUT2D eigenvalue weighted by Gasteiger charge is 2.02. The van der Waals surface area contributed by atoms with E-state index in [1.165, 1.54) is 31.3 Å². The fraction of sp³-hybridized carbons (Fsp3) is 0.200. The van der Waals surface area contributed by atoms with Crippen LogP contribution in [-0.4, -0.2) is 25.5 Å². The third kappa shape index (κ3) is 6.05. The molecule has 0 heterocycles. The molecular weight excluding hydrogens is 338 g/mol. The van der Waals surface area contributed by atoms with Crippen molar-refractivity contribution in [2.24, 2.45) is 10.7 Å². The zero-order chi connectivity index (χ0) is 12.0. The normalized spacial score (nSPS) is 10.4. The van der Waals surface area contributed by atoms with E-state index in [9.17, 15) is 9.18 Å². The molecule has 94 valence electrons. The predicted molar refractivity (Wildman–Crippen MR) is 76.0 cm³/mol. The Morgan fingerprint density at radius 1 is 1.41 bits per heavy atom. The van der Waals surface area contributed by atoms with E-state index in [1.54, 1.807) is 0 Å². The van der Waals surface area contributed by atoms with E-state index in [-0.39, 0.29) is 48.2 Å². The van der Waals surface area contributed by atoms with E-state index < -0.39 is 0 Å². The minimum atomic E-state index is -0.349. The van der Waals surface area contributed by atoms with Gasteiger partial charge in [0.2, 0.25) is 5.91 Å². The van der Waals surface area contributed by atoms with E-state index in [4.69, 9.17) is 5.73 Å². The summed E-state index contributed by atoms with van der Waals surface area (Å²) < 4.78 is 12.6. The molecule has 4 N–H and O–H groups in total. The Hall–Kier alpha value is -1.38. The third-order valence-electron chi connectivity index (χ3n) is 1.80. The molecule has 0 aliphatic carbocycles. The molecule has 1 amide bonds. The highest BCUT2D eigenvalue weighted by molar-refractivity contribution is 14.0. The Kier molecular flexibility index (Phi) is 7.19. The molecule has 17 heavy (non-hydrogen) atoms. The van der Waals surface area contributed by atoms with Gasteiger partial charge in [-0.05, 0) is 24.3 Å². The summed E-state index contributed by atoms with van der Waals surface area (Å²) in [5.74, 6) is -0.439. The molecule has 1 aromatic carbocycles. The van der Waals surface area contributed by atoms with Gasteiger partial charge in [-0.15, -0.1) is 24.0 Å². The minimum Gasteiger partial charge on any atom is -0.370 e. The Balaban J connectivity index is 0.00000256. The average molecular weight is 352 g/mol. The molecule has 7 heteroatoms. The van der Waals surface area contributed by atoms with Gasteiger partial charge in [0.25, 0.3) is 0 Å². The molecule has 0 aliphatic heterocycles. The van der Waals surface area contributed by atoms with Crippen LogP contribution in [0.4, 0.5) is 10.1 Å². The molecule has 1 aromatic rings. The number of rotatable bonds is 3. The van der Waals surface area contributed by atoms with Crippen LogP contribution in [0, 0.1) is 5.82 Å². The molecule has 1 rings (SSSR count). The Bertz CT molecular complexity index is 394. The number of nitrogens with zero attached hydrogens (tertiary/aromatic N) is 1. The van der Waals surface area contributed by atoms with Gasteiger partial charge in [0.05, 0.1) is 6.54 Å². The van der Waals surface area contributed by atoms with E-state index in [0.717, 1.165) is 0 Å². The molecule has 0 spiro atoms. The third-order valence-corrected chi connectivity index (χ3v) is 1.80. The number of guanidine groups is 1. The van der Waals surface area contributed by atoms with E-state index in [0.29, 0.717) is 5.69 Å². The van der Waals surface area contributed by atoms with Crippen LogP contribution in [0.3, 0.4) is 0 Å². The Morgan fingerprint density at radius 2 is 2.00 bits per heavy atom. The second-order valence-electron chi connectivity index (χ2n) is 3.02. The minimum absolute atomic E-state index is 0. The molecule has 0 aliphatic rings. The monoisotopic (exact) mass is 352 g/mol. The molecule has 0 unspecified atom stereocenters. The van der Waals surface area contributed by atoms with E-state index in [2.05, 4.69) is 15.6 Å². The number of nitrogens with two attached hydrogens (primary N) is 1. The van der Waals surface area contributed by atoms with Crippen LogP contribution in [0.5, 0.6) is 0 Å². The van der Waals surface area contributed by atoms with Crippen molar-refractivity contribution in [2.45, 2.75) is 0 Å². The number of carbonyl (C=O) groups excluding carboxylic acids is 1. The van der Waals surface area contributed by atoms with Crippen LogP contribution < -0.4 is 16.4 Å². The SMILES string of the molecule is CN=C(N)NCC(=O)Nc1ccc(F)cc1.I. The fourth-order valence-electron chi connectivity index (χ4n) is 0.988. The molecule has 0 saturated carbocycles. The molecule has 5 nitrogen and oxygen atoms in total. The van der Waals surface area contributed by atoms with Gasteiger partial charge in [0.1, 0.15) is 5.82 Å². The molecule has 0 aromatic heterocycles. The smallest absolute Gasteiger partial charge is 0.243 e. The number of amides is 1. The van der Waals surface area contributed by atoms with Crippen molar-refractivity contribution >= 4 is 41.5 Å². The van der Waals surface area contributed by atoms with Crippen LogP contribution in [0.1, 0.15) is 0 Å². The maximum atomic E-state index is 12.6. The number of hydrogen-bond acceptors (Lipinski definition) is 2. The molecule has 0 fully saturated rings. The topological polar surface area (TPSA) is 79.5 Å².